The fraction of sp³-hybridized carbons (Fsp3) is 0.900. The van der Waals surface area contributed by atoms with E-state index in [9.17, 15) is 4.79 Å². The Labute approximate surface area is 79.7 Å². The standard InChI is InChI=1S/C10H18N2O/c1-8(2)12-5-9(6-12)11-4-3-10(13)7-11/h8-9H,3-7H2,1-2H3. The van der Waals surface area contributed by atoms with Gasteiger partial charge in [0.25, 0.3) is 0 Å². The van der Waals surface area contributed by atoms with E-state index in [2.05, 4.69) is 23.6 Å². The number of carbonyl (C=O) groups is 1. The van der Waals surface area contributed by atoms with E-state index in [0.29, 0.717) is 24.4 Å². The monoisotopic (exact) mass is 182 g/mol. The molecule has 0 saturated carbocycles. The maximum absolute atomic E-state index is 11.1. The number of ketones is 1. The average molecular weight is 182 g/mol. The zero-order valence-electron chi connectivity index (χ0n) is 8.49. The van der Waals surface area contributed by atoms with E-state index in [1.807, 2.05) is 0 Å². The molecule has 0 aliphatic carbocycles. The summed E-state index contributed by atoms with van der Waals surface area (Å²) < 4.78 is 0. The molecule has 0 aromatic carbocycles. The zero-order valence-corrected chi connectivity index (χ0v) is 8.49. The summed E-state index contributed by atoms with van der Waals surface area (Å²) in [6.45, 7) is 8.47. The third-order valence-electron chi connectivity index (χ3n) is 3.19. The van der Waals surface area contributed by atoms with E-state index < -0.39 is 0 Å². The zero-order chi connectivity index (χ0) is 9.42. The van der Waals surface area contributed by atoms with Crippen LogP contribution in [0, 0.1) is 0 Å². The van der Waals surface area contributed by atoms with Crippen molar-refractivity contribution in [1.29, 1.82) is 0 Å². The summed E-state index contributed by atoms with van der Waals surface area (Å²) >= 11 is 0. The molecule has 0 radical (unpaired) electrons. The molecular formula is C10H18N2O. The molecule has 0 bridgehead atoms. The molecule has 0 aromatic heterocycles. The Bertz CT molecular complexity index is 209. The van der Waals surface area contributed by atoms with Gasteiger partial charge in [-0.3, -0.25) is 14.6 Å². The largest absolute Gasteiger partial charge is 0.298 e. The molecule has 0 amide bonds. The van der Waals surface area contributed by atoms with Gasteiger partial charge in [0.05, 0.1) is 6.54 Å². The molecule has 3 heteroatoms. The molecule has 0 spiro atoms. The van der Waals surface area contributed by atoms with Crippen LogP contribution in [0.1, 0.15) is 20.3 Å². The van der Waals surface area contributed by atoms with E-state index in [0.717, 1.165) is 26.1 Å². The van der Waals surface area contributed by atoms with Crippen LogP contribution in [0.15, 0.2) is 0 Å². The van der Waals surface area contributed by atoms with Crippen molar-refractivity contribution in [2.75, 3.05) is 26.2 Å². The Morgan fingerprint density at radius 3 is 2.54 bits per heavy atom. The van der Waals surface area contributed by atoms with Gasteiger partial charge >= 0.3 is 0 Å². The Morgan fingerprint density at radius 2 is 2.08 bits per heavy atom. The van der Waals surface area contributed by atoms with Crippen molar-refractivity contribution in [3.63, 3.8) is 0 Å². The van der Waals surface area contributed by atoms with Crippen LogP contribution in [0.25, 0.3) is 0 Å². The molecule has 0 atom stereocenters. The van der Waals surface area contributed by atoms with Gasteiger partial charge in [-0.1, -0.05) is 0 Å². The minimum atomic E-state index is 0.419. The lowest BCUT2D eigenvalue weighted by Crippen LogP contribution is -2.60. The molecule has 2 saturated heterocycles. The fourth-order valence-electron chi connectivity index (χ4n) is 2.11. The third kappa shape index (κ3) is 1.76. The second-order valence-corrected chi connectivity index (χ2v) is 4.46. The van der Waals surface area contributed by atoms with Crippen LogP contribution < -0.4 is 0 Å². The van der Waals surface area contributed by atoms with Crippen molar-refractivity contribution in [3.8, 4) is 0 Å². The lowest BCUT2D eigenvalue weighted by molar-refractivity contribution is -0.117. The summed E-state index contributed by atoms with van der Waals surface area (Å²) in [7, 11) is 0. The summed E-state index contributed by atoms with van der Waals surface area (Å²) in [4.78, 5) is 15.8. The van der Waals surface area contributed by atoms with Crippen LogP contribution in [0.4, 0.5) is 0 Å². The van der Waals surface area contributed by atoms with Crippen molar-refractivity contribution in [1.82, 2.24) is 9.80 Å². The molecule has 2 fully saturated rings. The number of rotatable bonds is 2. The van der Waals surface area contributed by atoms with Crippen molar-refractivity contribution >= 4 is 5.78 Å². The maximum atomic E-state index is 11.1. The quantitative estimate of drug-likeness (QED) is 0.616. The Morgan fingerprint density at radius 1 is 1.38 bits per heavy atom. The normalized spacial score (nSPS) is 27.2. The van der Waals surface area contributed by atoms with Crippen LogP contribution in [0.2, 0.25) is 0 Å². The second kappa shape index (κ2) is 3.39. The van der Waals surface area contributed by atoms with E-state index in [1.165, 1.54) is 0 Å². The summed E-state index contributed by atoms with van der Waals surface area (Å²) in [5.41, 5.74) is 0. The Balaban J connectivity index is 1.77. The minimum Gasteiger partial charge on any atom is -0.298 e. The van der Waals surface area contributed by atoms with Gasteiger partial charge in [0.15, 0.2) is 0 Å². The van der Waals surface area contributed by atoms with Gasteiger partial charge in [0, 0.05) is 38.1 Å². The first kappa shape index (κ1) is 9.16. The van der Waals surface area contributed by atoms with Crippen LogP contribution in [0.3, 0.4) is 0 Å². The number of hydrogen-bond acceptors (Lipinski definition) is 3. The molecule has 0 aromatic rings. The van der Waals surface area contributed by atoms with Crippen LogP contribution in [0.5, 0.6) is 0 Å². The highest BCUT2D eigenvalue weighted by Crippen LogP contribution is 2.20. The van der Waals surface area contributed by atoms with Crippen LogP contribution in [-0.2, 0) is 4.79 Å². The van der Waals surface area contributed by atoms with Crippen molar-refractivity contribution in [3.05, 3.63) is 0 Å². The SMILES string of the molecule is CC(C)N1CC(N2CCC(=O)C2)C1. The molecule has 2 aliphatic rings. The number of Topliss-reactive ketones (excluding diaryl/α,β-unsaturated/α-hetero) is 1. The summed E-state index contributed by atoms with van der Waals surface area (Å²) in [6, 6.07) is 1.32. The molecule has 0 N–H and O–H groups in total. The Kier molecular flexibility index (Phi) is 2.39. The topological polar surface area (TPSA) is 23.6 Å². The molecule has 2 aliphatic heterocycles. The fourth-order valence-corrected chi connectivity index (χ4v) is 2.11. The van der Waals surface area contributed by atoms with Crippen LogP contribution >= 0.6 is 0 Å². The predicted molar refractivity (Wildman–Crippen MR) is 51.7 cm³/mol. The number of likely N-dealkylation sites (tertiary alicyclic amines) is 2. The number of carbonyl (C=O) groups excluding carboxylic acids is 1. The molecule has 2 heterocycles. The minimum absolute atomic E-state index is 0.419. The van der Waals surface area contributed by atoms with Crippen molar-refractivity contribution in [2.24, 2.45) is 0 Å². The van der Waals surface area contributed by atoms with Crippen LogP contribution in [-0.4, -0.2) is 53.8 Å². The Hall–Kier alpha value is -0.410. The number of nitrogens with zero attached hydrogens (tertiary/aromatic N) is 2. The van der Waals surface area contributed by atoms with E-state index >= 15 is 0 Å². The van der Waals surface area contributed by atoms with Crippen molar-refractivity contribution in [2.45, 2.75) is 32.4 Å². The van der Waals surface area contributed by atoms with Gasteiger partial charge in [0.1, 0.15) is 5.78 Å². The third-order valence-corrected chi connectivity index (χ3v) is 3.19. The molecule has 3 nitrogen and oxygen atoms in total. The summed E-state index contributed by atoms with van der Waals surface area (Å²) in [6.07, 6.45) is 0.776. The molecule has 2 rings (SSSR count). The first-order chi connectivity index (χ1) is 6.16. The second-order valence-electron chi connectivity index (χ2n) is 4.46. The van der Waals surface area contributed by atoms with E-state index in [-0.39, 0.29) is 0 Å². The lowest BCUT2D eigenvalue weighted by atomic mass is 10.1. The first-order valence-corrected chi connectivity index (χ1v) is 5.16. The van der Waals surface area contributed by atoms with E-state index in [4.69, 9.17) is 0 Å². The average Bonchev–Trinajstić information content (AvgIpc) is 2.31. The van der Waals surface area contributed by atoms with E-state index in [1.54, 1.807) is 0 Å². The van der Waals surface area contributed by atoms with Gasteiger partial charge in [-0.25, -0.2) is 0 Å². The summed E-state index contributed by atoms with van der Waals surface area (Å²) in [5, 5.41) is 0. The predicted octanol–water partition coefficient (Wildman–Crippen LogP) is 0.354. The highest BCUT2D eigenvalue weighted by Gasteiger charge is 2.35. The lowest BCUT2D eigenvalue weighted by Gasteiger charge is -2.46. The van der Waals surface area contributed by atoms with Gasteiger partial charge in [-0.15, -0.1) is 0 Å². The molecular weight excluding hydrogens is 164 g/mol. The van der Waals surface area contributed by atoms with Gasteiger partial charge in [-0.05, 0) is 13.8 Å². The summed E-state index contributed by atoms with van der Waals surface area (Å²) in [5.74, 6) is 0.419. The van der Waals surface area contributed by atoms with Gasteiger partial charge in [-0.2, -0.15) is 0 Å². The molecule has 74 valence electrons. The maximum Gasteiger partial charge on any atom is 0.148 e. The van der Waals surface area contributed by atoms with Gasteiger partial charge < -0.3 is 0 Å². The highest BCUT2D eigenvalue weighted by atomic mass is 16.1. The highest BCUT2D eigenvalue weighted by molar-refractivity contribution is 5.82. The molecule has 0 unspecified atom stereocenters. The van der Waals surface area contributed by atoms with Gasteiger partial charge in [0.2, 0.25) is 0 Å². The molecule has 13 heavy (non-hydrogen) atoms. The number of hydrogen-bond donors (Lipinski definition) is 0. The smallest absolute Gasteiger partial charge is 0.148 e. The first-order valence-electron chi connectivity index (χ1n) is 5.16. The van der Waals surface area contributed by atoms with Crippen molar-refractivity contribution < 1.29 is 4.79 Å².